The van der Waals surface area contributed by atoms with Crippen LogP contribution < -0.4 is 4.74 Å². The highest BCUT2D eigenvalue weighted by Crippen LogP contribution is 2.14. The summed E-state index contributed by atoms with van der Waals surface area (Å²) in [5.41, 5.74) is 1.11. The lowest BCUT2D eigenvalue weighted by molar-refractivity contribution is -0.384. The van der Waals surface area contributed by atoms with E-state index in [9.17, 15) is 19.7 Å². The molecule has 2 rings (SSSR count). The zero-order valence-corrected chi connectivity index (χ0v) is 11.3. The van der Waals surface area contributed by atoms with Crippen molar-refractivity contribution in [3.63, 3.8) is 0 Å². The first-order valence-electron chi connectivity index (χ1n) is 6.28. The number of carbonyl (C=O) groups excluding carboxylic acids is 2. The van der Waals surface area contributed by atoms with Gasteiger partial charge in [0.2, 0.25) is 0 Å². The van der Waals surface area contributed by atoms with Crippen molar-refractivity contribution in [1.82, 2.24) is 0 Å². The monoisotopic (exact) mass is 297 g/mol. The van der Waals surface area contributed by atoms with Crippen molar-refractivity contribution in [1.29, 1.82) is 0 Å². The van der Waals surface area contributed by atoms with Crippen molar-refractivity contribution in [2.75, 3.05) is 0 Å². The molecule has 0 radical (unpaired) electrons. The Labute approximate surface area is 125 Å². The Kier molecular flexibility index (Phi) is 4.77. The minimum atomic E-state index is -0.586. The molecule has 0 aliphatic heterocycles. The lowest BCUT2D eigenvalue weighted by Crippen LogP contribution is -2.03. The van der Waals surface area contributed by atoms with Gasteiger partial charge in [-0.25, -0.2) is 4.79 Å². The summed E-state index contributed by atoms with van der Waals surface area (Å²) < 4.78 is 5.05. The second-order valence-electron chi connectivity index (χ2n) is 4.29. The van der Waals surface area contributed by atoms with E-state index in [2.05, 4.69) is 0 Å². The predicted octanol–water partition coefficient (Wildman–Crippen LogP) is 3.03. The maximum Gasteiger partial charge on any atom is 0.336 e. The molecule has 0 aliphatic carbocycles. The molecule has 0 unspecified atom stereocenters. The van der Waals surface area contributed by atoms with E-state index in [0.29, 0.717) is 23.2 Å². The van der Waals surface area contributed by atoms with Crippen LogP contribution in [0.2, 0.25) is 0 Å². The number of hydrogen-bond acceptors (Lipinski definition) is 5. The van der Waals surface area contributed by atoms with Gasteiger partial charge in [-0.2, -0.15) is 0 Å². The Morgan fingerprint density at radius 1 is 1.00 bits per heavy atom. The fourth-order valence-electron chi connectivity index (χ4n) is 1.64. The number of carbonyl (C=O) groups is 2. The third kappa shape index (κ3) is 4.11. The van der Waals surface area contributed by atoms with Gasteiger partial charge in [-0.3, -0.25) is 14.9 Å². The van der Waals surface area contributed by atoms with Gasteiger partial charge in [-0.05, 0) is 48.0 Å². The van der Waals surface area contributed by atoms with E-state index >= 15 is 0 Å². The Morgan fingerprint density at radius 2 is 1.59 bits per heavy atom. The molecule has 2 aromatic rings. The van der Waals surface area contributed by atoms with Gasteiger partial charge in [-0.15, -0.1) is 0 Å². The largest absolute Gasteiger partial charge is 0.423 e. The van der Waals surface area contributed by atoms with Crippen LogP contribution in [-0.4, -0.2) is 17.2 Å². The minimum Gasteiger partial charge on any atom is -0.423 e. The van der Waals surface area contributed by atoms with Crippen LogP contribution in [-0.2, 0) is 4.79 Å². The molecule has 0 fully saturated rings. The fourth-order valence-corrected chi connectivity index (χ4v) is 1.64. The SMILES string of the molecule is O=Cc1ccc(OC(=O)/C=C/c2ccc([N+](=O)[O-])cc2)cc1. The number of non-ortho nitro benzene ring substituents is 1. The highest BCUT2D eigenvalue weighted by Gasteiger charge is 2.03. The number of nitrogens with zero attached hydrogens (tertiary/aromatic N) is 1. The van der Waals surface area contributed by atoms with Gasteiger partial charge < -0.3 is 4.74 Å². The summed E-state index contributed by atoms with van der Waals surface area (Å²) in [5.74, 6) is -0.263. The van der Waals surface area contributed by atoms with Crippen molar-refractivity contribution in [3.05, 3.63) is 75.8 Å². The Morgan fingerprint density at radius 3 is 2.14 bits per heavy atom. The summed E-state index contributed by atoms with van der Waals surface area (Å²) in [5, 5.41) is 10.5. The Bertz CT molecular complexity index is 717. The standard InChI is InChI=1S/C16H11NO5/c18-11-13-3-8-15(9-4-13)22-16(19)10-5-12-1-6-14(7-2-12)17(20)21/h1-11H/b10-5+. The summed E-state index contributed by atoms with van der Waals surface area (Å²) >= 11 is 0. The molecule has 2 aromatic carbocycles. The van der Waals surface area contributed by atoms with Crippen molar-refractivity contribution < 1.29 is 19.2 Å². The van der Waals surface area contributed by atoms with E-state index in [4.69, 9.17) is 4.74 Å². The molecular formula is C16H11NO5. The van der Waals surface area contributed by atoms with Crippen LogP contribution in [0.4, 0.5) is 5.69 Å². The molecule has 22 heavy (non-hydrogen) atoms. The van der Waals surface area contributed by atoms with Crippen molar-refractivity contribution in [3.8, 4) is 5.75 Å². The maximum absolute atomic E-state index is 11.6. The first-order valence-corrected chi connectivity index (χ1v) is 6.28. The number of aldehydes is 1. The zero-order valence-electron chi connectivity index (χ0n) is 11.3. The molecule has 6 heteroatoms. The van der Waals surface area contributed by atoms with Gasteiger partial charge >= 0.3 is 5.97 Å². The first kappa shape index (κ1) is 15.1. The summed E-state index contributed by atoms with van der Waals surface area (Å²) in [4.78, 5) is 32.2. The van der Waals surface area contributed by atoms with Gasteiger partial charge in [0.1, 0.15) is 12.0 Å². The molecule has 6 nitrogen and oxygen atoms in total. The normalized spacial score (nSPS) is 10.4. The number of rotatable bonds is 5. The van der Waals surface area contributed by atoms with E-state index in [1.807, 2.05) is 0 Å². The molecule has 0 atom stereocenters. The highest BCUT2D eigenvalue weighted by molar-refractivity contribution is 5.88. The topological polar surface area (TPSA) is 86.5 Å². The van der Waals surface area contributed by atoms with Crippen molar-refractivity contribution in [2.45, 2.75) is 0 Å². The minimum absolute atomic E-state index is 0.0185. The predicted molar refractivity (Wildman–Crippen MR) is 79.6 cm³/mol. The van der Waals surface area contributed by atoms with E-state index in [1.165, 1.54) is 60.7 Å². The zero-order chi connectivity index (χ0) is 15.9. The molecule has 110 valence electrons. The molecule has 0 saturated carbocycles. The van der Waals surface area contributed by atoms with E-state index in [0.717, 1.165) is 0 Å². The molecule has 0 amide bonds. The highest BCUT2D eigenvalue weighted by atomic mass is 16.6. The quantitative estimate of drug-likeness (QED) is 0.211. The summed E-state index contributed by atoms with van der Waals surface area (Å²) in [6.45, 7) is 0. The molecule has 0 saturated heterocycles. The lowest BCUT2D eigenvalue weighted by Gasteiger charge is -2.00. The maximum atomic E-state index is 11.6. The average molecular weight is 297 g/mol. The average Bonchev–Trinajstić information content (AvgIpc) is 2.54. The van der Waals surface area contributed by atoms with Gasteiger partial charge in [0.15, 0.2) is 0 Å². The van der Waals surface area contributed by atoms with E-state index in [-0.39, 0.29) is 5.69 Å². The summed E-state index contributed by atoms with van der Waals surface area (Å²) in [6, 6.07) is 11.9. The van der Waals surface area contributed by atoms with E-state index < -0.39 is 10.9 Å². The molecular weight excluding hydrogens is 286 g/mol. The van der Waals surface area contributed by atoms with Crippen LogP contribution in [0.15, 0.2) is 54.6 Å². The number of hydrogen-bond donors (Lipinski definition) is 0. The van der Waals surface area contributed by atoms with Crippen molar-refractivity contribution in [2.24, 2.45) is 0 Å². The van der Waals surface area contributed by atoms with Crippen LogP contribution in [0.1, 0.15) is 15.9 Å². The molecule has 0 aliphatic rings. The van der Waals surface area contributed by atoms with Crippen LogP contribution in [0, 0.1) is 10.1 Å². The molecule has 0 spiro atoms. The Hall–Kier alpha value is -3.28. The molecule has 0 heterocycles. The van der Waals surface area contributed by atoms with Gasteiger partial charge in [-0.1, -0.05) is 0 Å². The smallest absolute Gasteiger partial charge is 0.336 e. The molecule has 0 aromatic heterocycles. The second-order valence-corrected chi connectivity index (χ2v) is 4.29. The molecule has 0 bridgehead atoms. The fraction of sp³-hybridized carbons (Fsp3) is 0. The van der Waals surface area contributed by atoms with Crippen LogP contribution in [0.3, 0.4) is 0 Å². The number of nitro benzene ring substituents is 1. The lowest BCUT2D eigenvalue weighted by atomic mass is 10.2. The van der Waals surface area contributed by atoms with Crippen LogP contribution >= 0.6 is 0 Å². The van der Waals surface area contributed by atoms with Gasteiger partial charge in [0, 0.05) is 23.8 Å². The van der Waals surface area contributed by atoms with Crippen LogP contribution in [0.5, 0.6) is 5.75 Å². The molecule has 0 N–H and O–H groups in total. The number of nitro groups is 1. The number of benzene rings is 2. The van der Waals surface area contributed by atoms with Crippen LogP contribution in [0.25, 0.3) is 6.08 Å². The van der Waals surface area contributed by atoms with E-state index in [1.54, 1.807) is 0 Å². The summed E-state index contributed by atoms with van der Waals surface area (Å²) in [6.07, 6.45) is 3.40. The van der Waals surface area contributed by atoms with Gasteiger partial charge in [0.05, 0.1) is 4.92 Å². The Balaban J connectivity index is 1.98. The van der Waals surface area contributed by atoms with Crippen molar-refractivity contribution >= 4 is 24.0 Å². The summed E-state index contributed by atoms with van der Waals surface area (Å²) in [7, 11) is 0. The first-order chi connectivity index (χ1) is 10.6. The number of esters is 1. The third-order valence-electron chi connectivity index (χ3n) is 2.75. The second kappa shape index (κ2) is 6.94. The van der Waals surface area contributed by atoms with Gasteiger partial charge in [0.25, 0.3) is 5.69 Å². The number of ether oxygens (including phenoxy) is 1. The third-order valence-corrected chi connectivity index (χ3v) is 2.75.